The van der Waals surface area contributed by atoms with Gasteiger partial charge in [-0.3, -0.25) is 0 Å². The molecule has 0 aliphatic carbocycles. The quantitative estimate of drug-likeness (QED) is 0.795. The molecule has 0 bridgehead atoms. The summed E-state index contributed by atoms with van der Waals surface area (Å²) in [6.45, 7) is 11.1. The zero-order valence-electron chi connectivity index (χ0n) is 13.9. The highest BCUT2D eigenvalue weighted by Crippen LogP contribution is 2.22. The molecule has 0 aliphatic heterocycles. The number of hydrogen-bond acceptors (Lipinski definition) is 3. The normalized spacial score (nSPS) is 15.1. The van der Waals surface area contributed by atoms with Crippen LogP contribution in [0.25, 0.3) is 0 Å². The minimum atomic E-state index is -3.24. The van der Waals surface area contributed by atoms with Gasteiger partial charge in [-0.25, -0.2) is 8.42 Å². The molecule has 1 rings (SSSR count). The highest BCUT2D eigenvalue weighted by atomic mass is 32.2. The molecule has 21 heavy (non-hydrogen) atoms. The van der Waals surface area contributed by atoms with Crippen molar-refractivity contribution >= 4 is 9.84 Å². The Hall–Kier alpha value is -0.870. The molecule has 0 radical (unpaired) electrons. The molecule has 1 aromatic carbocycles. The van der Waals surface area contributed by atoms with Gasteiger partial charge in [0.15, 0.2) is 9.84 Å². The van der Waals surface area contributed by atoms with Crippen LogP contribution in [0, 0.1) is 0 Å². The molecule has 2 atom stereocenters. The van der Waals surface area contributed by atoms with Crippen LogP contribution >= 0.6 is 0 Å². The fourth-order valence-corrected chi connectivity index (χ4v) is 3.90. The second kappa shape index (κ2) is 7.95. The van der Waals surface area contributed by atoms with E-state index in [2.05, 4.69) is 26.1 Å². The highest BCUT2D eigenvalue weighted by molar-refractivity contribution is 7.92. The average Bonchev–Trinajstić information content (AvgIpc) is 2.45. The molecule has 120 valence electrons. The summed E-state index contributed by atoms with van der Waals surface area (Å²) >= 11 is 0. The van der Waals surface area contributed by atoms with E-state index in [1.54, 1.807) is 19.1 Å². The molecule has 0 aliphatic rings. The zero-order valence-corrected chi connectivity index (χ0v) is 14.7. The van der Waals surface area contributed by atoms with E-state index in [1.165, 1.54) is 5.56 Å². The van der Waals surface area contributed by atoms with Crippen molar-refractivity contribution in [3.05, 3.63) is 29.8 Å². The summed E-state index contributed by atoms with van der Waals surface area (Å²) in [5.74, 6) is 0.414. The highest BCUT2D eigenvalue weighted by Gasteiger charge is 2.24. The molecule has 0 fully saturated rings. The first-order chi connectivity index (χ1) is 9.78. The van der Waals surface area contributed by atoms with Crippen LogP contribution in [0.1, 0.15) is 58.9 Å². The number of nitrogens with one attached hydrogen (secondary N) is 1. The molecular formula is C17H29NO2S. The Labute approximate surface area is 130 Å². The van der Waals surface area contributed by atoms with Gasteiger partial charge in [0.1, 0.15) is 0 Å². The Morgan fingerprint density at radius 2 is 1.62 bits per heavy atom. The summed E-state index contributed by atoms with van der Waals surface area (Å²) in [7, 11) is -3.24. The summed E-state index contributed by atoms with van der Waals surface area (Å²) in [4.78, 5) is 0.432. The van der Waals surface area contributed by atoms with Gasteiger partial charge in [-0.1, -0.05) is 32.9 Å². The number of sulfone groups is 1. The fraction of sp³-hybridized carbons (Fsp3) is 0.647. The van der Waals surface area contributed by atoms with Crippen molar-refractivity contribution in [3.63, 3.8) is 0 Å². The van der Waals surface area contributed by atoms with Gasteiger partial charge >= 0.3 is 0 Å². The third kappa shape index (κ3) is 5.11. The topological polar surface area (TPSA) is 46.2 Å². The molecule has 0 heterocycles. The Kier molecular flexibility index (Phi) is 6.88. The van der Waals surface area contributed by atoms with Crippen LogP contribution in [0.3, 0.4) is 0 Å². The van der Waals surface area contributed by atoms with Crippen molar-refractivity contribution < 1.29 is 8.42 Å². The predicted molar refractivity (Wildman–Crippen MR) is 89.6 cm³/mol. The molecule has 4 heteroatoms. The van der Waals surface area contributed by atoms with E-state index in [-0.39, 0.29) is 11.3 Å². The van der Waals surface area contributed by atoms with Gasteiger partial charge in [-0.05, 0) is 56.8 Å². The third-order valence-corrected chi connectivity index (χ3v) is 6.01. The summed E-state index contributed by atoms with van der Waals surface area (Å²) < 4.78 is 25.2. The number of benzene rings is 1. The van der Waals surface area contributed by atoms with Gasteiger partial charge in [-0.15, -0.1) is 0 Å². The van der Waals surface area contributed by atoms with Gasteiger partial charge in [0.25, 0.3) is 0 Å². The first-order valence-corrected chi connectivity index (χ1v) is 9.40. The van der Waals surface area contributed by atoms with Crippen molar-refractivity contribution in [2.45, 2.75) is 69.6 Å². The monoisotopic (exact) mass is 311 g/mol. The minimum absolute atomic E-state index is 0.213. The van der Waals surface area contributed by atoms with Crippen LogP contribution in [0.5, 0.6) is 0 Å². The van der Waals surface area contributed by atoms with E-state index in [0.717, 1.165) is 13.0 Å². The maximum atomic E-state index is 12.6. The van der Waals surface area contributed by atoms with Gasteiger partial charge in [0.05, 0.1) is 10.1 Å². The lowest BCUT2D eigenvalue weighted by Gasteiger charge is -2.19. The van der Waals surface area contributed by atoms with Crippen LogP contribution in [-0.4, -0.2) is 26.3 Å². The first-order valence-electron chi connectivity index (χ1n) is 7.86. The molecule has 2 unspecified atom stereocenters. The van der Waals surface area contributed by atoms with Crippen LogP contribution in [0.2, 0.25) is 0 Å². The lowest BCUT2D eigenvalue weighted by molar-refractivity contribution is 0.497. The summed E-state index contributed by atoms with van der Waals surface area (Å²) in [6, 6.07) is 7.53. The Balaban J connectivity index is 2.79. The maximum absolute atomic E-state index is 12.6. The second-order valence-corrected chi connectivity index (χ2v) is 8.54. The standard InChI is InChI=1S/C17H29NO2S/c1-6-11-18-14(4)12-15(5)21(19,20)17-9-7-16(8-10-17)13(2)3/h7-10,13-15,18H,6,11-12H2,1-5H3. The van der Waals surface area contributed by atoms with Crippen molar-refractivity contribution in [2.24, 2.45) is 0 Å². The van der Waals surface area contributed by atoms with E-state index in [9.17, 15) is 8.42 Å². The molecule has 3 nitrogen and oxygen atoms in total. The predicted octanol–water partition coefficient (Wildman–Crippen LogP) is 3.75. The molecule has 0 spiro atoms. The van der Waals surface area contributed by atoms with Crippen molar-refractivity contribution in [3.8, 4) is 0 Å². The molecule has 0 amide bonds. The smallest absolute Gasteiger partial charge is 0.181 e. The van der Waals surface area contributed by atoms with E-state index in [0.29, 0.717) is 17.2 Å². The Morgan fingerprint density at radius 3 is 2.10 bits per heavy atom. The van der Waals surface area contributed by atoms with Crippen molar-refractivity contribution in [2.75, 3.05) is 6.54 Å². The van der Waals surface area contributed by atoms with Crippen LogP contribution < -0.4 is 5.32 Å². The van der Waals surface area contributed by atoms with E-state index in [4.69, 9.17) is 0 Å². The lowest BCUT2D eigenvalue weighted by atomic mass is 10.0. The van der Waals surface area contributed by atoms with Gasteiger partial charge in [0, 0.05) is 6.04 Å². The first kappa shape index (κ1) is 18.2. The fourth-order valence-electron chi connectivity index (χ4n) is 2.37. The lowest BCUT2D eigenvalue weighted by Crippen LogP contribution is -2.32. The summed E-state index contributed by atoms with van der Waals surface area (Å²) in [5.41, 5.74) is 1.17. The zero-order chi connectivity index (χ0) is 16.0. The van der Waals surface area contributed by atoms with Crippen LogP contribution in [0.15, 0.2) is 29.2 Å². The molecule has 0 aromatic heterocycles. The molecule has 1 aromatic rings. The SMILES string of the molecule is CCCNC(C)CC(C)S(=O)(=O)c1ccc(C(C)C)cc1. The van der Waals surface area contributed by atoms with Crippen molar-refractivity contribution in [1.82, 2.24) is 5.32 Å². The minimum Gasteiger partial charge on any atom is -0.314 e. The van der Waals surface area contributed by atoms with Gasteiger partial charge < -0.3 is 5.32 Å². The largest absolute Gasteiger partial charge is 0.314 e. The maximum Gasteiger partial charge on any atom is 0.181 e. The molecule has 0 saturated carbocycles. The summed E-state index contributed by atoms with van der Waals surface area (Å²) in [5, 5.41) is 2.97. The van der Waals surface area contributed by atoms with Gasteiger partial charge in [0.2, 0.25) is 0 Å². The van der Waals surface area contributed by atoms with E-state index in [1.807, 2.05) is 19.1 Å². The van der Waals surface area contributed by atoms with Gasteiger partial charge in [-0.2, -0.15) is 0 Å². The van der Waals surface area contributed by atoms with Crippen LogP contribution in [0.4, 0.5) is 0 Å². The molecule has 1 N–H and O–H groups in total. The molecular weight excluding hydrogens is 282 g/mol. The third-order valence-electron chi connectivity index (χ3n) is 3.83. The van der Waals surface area contributed by atoms with E-state index < -0.39 is 9.84 Å². The van der Waals surface area contributed by atoms with Crippen molar-refractivity contribution in [1.29, 1.82) is 0 Å². The van der Waals surface area contributed by atoms with E-state index >= 15 is 0 Å². The second-order valence-electron chi connectivity index (χ2n) is 6.17. The number of rotatable bonds is 8. The Morgan fingerprint density at radius 1 is 1.05 bits per heavy atom. The molecule has 0 saturated heterocycles. The average molecular weight is 311 g/mol. The Bertz CT molecular complexity index is 520. The van der Waals surface area contributed by atoms with Crippen LogP contribution in [-0.2, 0) is 9.84 Å². The number of hydrogen-bond donors (Lipinski definition) is 1. The summed E-state index contributed by atoms with van der Waals surface area (Å²) in [6.07, 6.45) is 1.69.